The predicted octanol–water partition coefficient (Wildman–Crippen LogP) is 0.612. The van der Waals surface area contributed by atoms with Gasteiger partial charge in [-0.05, 0) is 13.2 Å². The number of nitrogens with zero attached hydrogens (tertiary/aromatic N) is 1. The lowest BCUT2D eigenvalue weighted by Crippen LogP contribution is -2.00. The van der Waals surface area contributed by atoms with Crippen LogP contribution in [0.4, 0.5) is 0 Å². The van der Waals surface area contributed by atoms with Gasteiger partial charge in [-0.15, -0.1) is 11.8 Å². The third-order valence-electron chi connectivity index (χ3n) is 0.745. The van der Waals surface area contributed by atoms with Crippen molar-refractivity contribution >= 4 is 27.4 Å². The summed E-state index contributed by atoms with van der Waals surface area (Å²) in [4.78, 5) is 3.51. The summed E-state index contributed by atoms with van der Waals surface area (Å²) in [6.07, 6.45) is 1.80. The zero-order chi connectivity index (χ0) is 8.20. The number of rotatable bonds is 3. The molecule has 1 N–H and O–H groups in total. The summed E-state index contributed by atoms with van der Waals surface area (Å²) in [7, 11) is -4.03. The van der Waals surface area contributed by atoms with Gasteiger partial charge in [0, 0.05) is 0 Å². The van der Waals surface area contributed by atoms with Gasteiger partial charge < -0.3 is 0 Å². The van der Waals surface area contributed by atoms with Gasteiger partial charge in [-0.25, -0.2) is 0 Å². The Labute approximate surface area is 64.5 Å². The zero-order valence-electron chi connectivity index (χ0n) is 5.68. The summed E-state index contributed by atoms with van der Waals surface area (Å²) in [5, 5.41) is -0.137. The Kier molecular flexibility index (Phi) is 3.92. The fraction of sp³-hybridized carbons (Fsp3) is 0.750. The highest BCUT2D eigenvalue weighted by atomic mass is 32.2. The average Bonchev–Trinajstić information content (AvgIpc) is 1.81. The number of thioether (sulfide) groups is 1. The molecule has 10 heavy (non-hydrogen) atoms. The van der Waals surface area contributed by atoms with Gasteiger partial charge in [0.25, 0.3) is 0 Å². The molecule has 0 aliphatic heterocycles. The third-order valence-corrected chi connectivity index (χ3v) is 1.94. The van der Waals surface area contributed by atoms with Crippen molar-refractivity contribution in [2.75, 3.05) is 6.26 Å². The van der Waals surface area contributed by atoms with E-state index < -0.39 is 10.1 Å². The Morgan fingerprint density at radius 2 is 2.20 bits per heavy atom. The average molecular weight is 183 g/mol. The van der Waals surface area contributed by atoms with Crippen LogP contribution in [0.3, 0.4) is 0 Å². The van der Waals surface area contributed by atoms with Gasteiger partial charge in [0.15, 0.2) is 0 Å². The van der Waals surface area contributed by atoms with Gasteiger partial charge in [0.1, 0.15) is 5.55 Å². The SMILES string of the molecule is CSC(C)N=CS(=O)(=O)O. The molecule has 1 unspecified atom stereocenters. The van der Waals surface area contributed by atoms with E-state index in [2.05, 4.69) is 4.99 Å². The molecule has 0 aromatic rings. The molecule has 1 atom stereocenters. The van der Waals surface area contributed by atoms with Crippen molar-refractivity contribution in [2.24, 2.45) is 4.99 Å². The molecule has 0 aliphatic carbocycles. The summed E-state index contributed by atoms with van der Waals surface area (Å²) in [5.41, 5.74) is 0.550. The van der Waals surface area contributed by atoms with E-state index in [4.69, 9.17) is 4.55 Å². The van der Waals surface area contributed by atoms with Gasteiger partial charge in [-0.1, -0.05) is 0 Å². The monoisotopic (exact) mass is 183 g/mol. The molecule has 0 saturated carbocycles. The van der Waals surface area contributed by atoms with Crippen molar-refractivity contribution < 1.29 is 13.0 Å². The van der Waals surface area contributed by atoms with E-state index in [0.29, 0.717) is 5.55 Å². The largest absolute Gasteiger partial charge is 0.304 e. The normalized spacial score (nSPS) is 15.9. The van der Waals surface area contributed by atoms with Crippen LogP contribution in [-0.4, -0.2) is 30.1 Å². The summed E-state index contributed by atoms with van der Waals surface area (Å²) in [6.45, 7) is 1.73. The molecule has 0 spiro atoms. The highest BCUT2D eigenvalue weighted by molar-refractivity contribution is 8.00. The molecule has 0 aromatic carbocycles. The van der Waals surface area contributed by atoms with Crippen LogP contribution in [0, 0.1) is 0 Å². The van der Waals surface area contributed by atoms with Crippen LogP contribution in [0.25, 0.3) is 0 Å². The summed E-state index contributed by atoms with van der Waals surface area (Å²) < 4.78 is 28.3. The highest BCUT2D eigenvalue weighted by Crippen LogP contribution is 2.04. The molecule has 6 heteroatoms. The predicted molar refractivity (Wildman–Crippen MR) is 43.0 cm³/mol. The van der Waals surface area contributed by atoms with Crippen LogP contribution in [0.1, 0.15) is 6.92 Å². The van der Waals surface area contributed by atoms with E-state index in [1.54, 1.807) is 13.2 Å². The van der Waals surface area contributed by atoms with E-state index in [0.717, 1.165) is 0 Å². The van der Waals surface area contributed by atoms with Gasteiger partial charge in [0.05, 0.1) is 5.37 Å². The summed E-state index contributed by atoms with van der Waals surface area (Å²) in [5.74, 6) is 0. The molecule has 0 aliphatic rings. The Balaban J connectivity index is 4.01. The zero-order valence-corrected chi connectivity index (χ0v) is 7.32. The molecule has 0 fully saturated rings. The molecular formula is C4H9NO3S2. The van der Waals surface area contributed by atoms with E-state index >= 15 is 0 Å². The minimum atomic E-state index is -4.03. The first-order valence-corrected chi connectivity index (χ1v) is 5.28. The van der Waals surface area contributed by atoms with Crippen molar-refractivity contribution in [2.45, 2.75) is 12.3 Å². The first-order chi connectivity index (χ1) is 4.45. The maximum absolute atomic E-state index is 10.0. The molecule has 0 heterocycles. The molecule has 0 saturated heterocycles. The molecule has 0 aromatic heterocycles. The van der Waals surface area contributed by atoms with E-state index in [9.17, 15) is 8.42 Å². The third kappa shape index (κ3) is 6.06. The lowest BCUT2D eigenvalue weighted by atomic mass is 10.8. The van der Waals surface area contributed by atoms with Crippen LogP contribution in [0.15, 0.2) is 4.99 Å². The molecule has 60 valence electrons. The van der Waals surface area contributed by atoms with E-state index in [1.165, 1.54) is 11.8 Å². The highest BCUT2D eigenvalue weighted by Gasteiger charge is 1.98. The molecule has 0 amide bonds. The smallest absolute Gasteiger partial charge is 0.281 e. The van der Waals surface area contributed by atoms with Crippen LogP contribution in [0.5, 0.6) is 0 Å². The maximum atomic E-state index is 10.0. The summed E-state index contributed by atoms with van der Waals surface area (Å²) in [6, 6.07) is 0. The number of hydrogen-bond acceptors (Lipinski definition) is 4. The van der Waals surface area contributed by atoms with Crippen LogP contribution in [0.2, 0.25) is 0 Å². The topological polar surface area (TPSA) is 66.7 Å². The fourth-order valence-corrected chi connectivity index (χ4v) is 0.819. The number of hydrogen-bond donors (Lipinski definition) is 1. The second kappa shape index (κ2) is 3.95. The van der Waals surface area contributed by atoms with Gasteiger partial charge in [0.2, 0.25) is 0 Å². The van der Waals surface area contributed by atoms with Gasteiger partial charge >= 0.3 is 10.1 Å². The van der Waals surface area contributed by atoms with Crippen LogP contribution >= 0.6 is 11.8 Å². The van der Waals surface area contributed by atoms with Gasteiger partial charge in [-0.3, -0.25) is 9.55 Å². The van der Waals surface area contributed by atoms with Crippen LogP contribution in [-0.2, 0) is 10.1 Å². The van der Waals surface area contributed by atoms with Gasteiger partial charge in [-0.2, -0.15) is 8.42 Å². The van der Waals surface area contributed by atoms with Crippen LogP contribution < -0.4 is 0 Å². The first kappa shape index (κ1) is 9.93. The second-order valence-electron chi connectivity index (χ2n) is 1.60. The van der Waals surface area contributed by atoms with Crippen molar-refractivity contribution in [1.29, 1.82) is 0 Å². The van der Waals surface area contributed by atoms with E-state index in [1.807, 2.05) is 0 Å². The Hall–Kier alpha value is -0.0700. The first-order valence-electron chi connectivity index (χ1n) is 2.49. The maximum Gasteiger partial charge on any atom is 0.304 e. The summed E-state index contributed by atoms with van der Waals surface area (Å²) >= 11 is 1.39. The molecule has 4 nitrogen and oxygen atoms in total. The Bertz CT molecular complexity index is 209. The quantitative estimate of drug-likeness (QED) is 0.395. The molecule has 0 bridgehead atoms. The van der Waals surface area contributed by atoms with Crippen molar-refractivity contribution in [3.05, 3.63) is 0 Å². The fourth-order valence-electron chi connectivity index (χ4n) is 0.223. The molecule has 0 rings (SSSR count). The number of aliphatic imine (C=N–C) groups is 1. The minimum Gasteiger partial charge on any atom is -0.281 e. The molecular weight excluding hydrogens is 174 g/mol. The molecule has 0 radical (unpaired) electrons. The lowest BCUT2D eigenvalue weighted by molar-refractivity contribution is 0.499. The Morgan fingerprint density at radius 1 is 1.70 bits per heavy atom. The lowest BCUT2D eigenvalue weighted by Gasteiger charge is -1.96. The standard InChI is InChI=1S/C4H9NO3S2/c1-4(9-2)5-3-10(6,7)8/h3-4H,1-2H3,(H,6,7,8). The Morgan fingerprint density at radius 3 is 2.50 bits per heavy atom. The van der Waals surface area contributed by atoms with Crippen molar-refractivity contribution in [3.8, 4) is 0 Å². The minimum absolute atomic E-state index is 0.137. The van der Waals surface area contributed by atoms with Crippen molar-refractivity contribution in [1.82, 2.24) is 0 Å². The van der Waals surface area contributed by atoms with Crippen molar-refractivity contribution in [3.63, 3.8) is 0 Å². The van der Waals surface area contributed by atoms with E-state index in [-0.39, 0.29) is 5.37 Å². The second-order valence-corrected chi connectivity index (χ2v) is 4.00.